The van der Waals surface area contributed by atoms with Crippen LogP contribution in [0, 0.1) is 0 Å². The van der Waals surface area contributed by atoms with Gasteiger partial charge < -0.3 is 9.47 Å². The first-order valence-electron chi connectivity index (χ1n) is 8.33. The molecular formula is C16H24N2O2S4. The molecule has 0 amide bonds. The van der Waals surface area contributed by atoms with Gasteiger partial charge in [0, 0.05) is 0 Å². The number of hydrogen-bond acceptors (Lipinski definition) is 8. The molecule has 0 aliphatic heterocycles. The standard InChI is InChI=1S/C16H24N2O2S4/c1-3-5-7-9-19-13-11-21-15(17-13)23-24-16-18-14(12-22-16)20-10-8-6-4-2/h11-12H,3-10H2,1-2H3. The highest BCUT2D eigenvalue weighted by Gasteiger charge is 2.08. The Hall–Kier alpha value is -0.440. The van der Waals surface area contributed by atoms with Crippen molar-refractivity contribution in [3.63, 3.8) is 0 Å². The zero-order valence-corrected chi connectivity index (χ0v) is 17.4. The Morgan fingerprint density at radius 2 is 1.25 bits per heavy atom. The Bertz CT molecular complexity index is 524. The molecule has 4 nitrogen and oxygen atoms in total. The van der Waals surface area contributed by atoms with Crippen molar-refractivity contribution in [1.82, 2.24) is 9.97 Å². The summed E-state index contributed by atoms with van der Waals surface area (Å²) in [5.41, 5.74) is 0. The molecule has 0 aliphatic carbocycles. The van der Waals surface area contributed by atoms with Crippen molar-refractivity contribution >= 4 is 44.3 Å². The summed E-state index contributed by atoms with van der Waals surface area (Å²) in [4.78, 5) is 8.97. The number of aromatic nitrogens is 2. The molecular weight excluding hydrogens is 380 g/mol. The van der Waals surface area contributed by atoms with Crippen LogP contribution in [0.4, 0.5) is 0 Å². The third kappa shape index (κ3) is 7.63. The van der Waals surface area contributed by atoms with Gasteiger partial charge in [-0.2, -0.15) is 9.97 Å². The lowest BCUT2D eigenvalue weighted by atomic mass is 10.3. The van der Waals surface area contributed by atoms with Crippen molar-refractivity contribution < 1.29 is 9.47 Å². The molecule has 2 aromatic heterocycles. The summed E-state index contributed by atoms with van der Waals surface area (Å²) in [5.74, 6) is 1.47. The third-order valence-corrected chi connectivity index (χ3v) is 7.79. The Morgan fingerprint density at radius 3 is 1.67 bits per heavy atom. The second kappa shape index (κ2) is 12.0. The summed E-state index contributed by atoms with van der Waals surface area (Å²) in [5, 5.41) is 3.94. The van der Waals surface area contributed by atoms with Gasteiger partial charge in [0.05, 0.1) is 24.0 Å². The molecule has 0 saturated heterocycles. The zero-order valence-electron chi connectivity index (χ0n) is 14.2. The van der Waals surface area contributed by atoms with Crippen LogP contribution in [-0.4, -0.2) is 23.2 Å². The minimum Gasteiger partial charge on any atom is -0.477 e. The van der Waals surface area contributed by atoms with Crippen LogP contribution in [0.2, 0.25) is 0 Å². The van der Waals surface area contributed by atoms with Crippen LogP contribution in [-0.2, 0) is 0 Å². The number of ether oxygens (including phenoxy) is 2. The number of nitrogens with zero attached hydrogens (tertiary/aromatic N) is 2. The van der Waals surface area contributed by atoms with Gasteiger partial charge in [-0.3, -0.25) is 0 Å². The zero-order chi connectivity index (χ0) is 17.0. The van der Waals surface area contributed by atoms with Crippen LogP contribution in [0.1, 0.15) is 52.4 Å². The van der Waals surface area contributed by atoms with Gasteiger partial charge in [-0.25, -0.2) is 0 Å². The maximum atomic E-state index is 5.65. The second-order valence-electron chi connectivity index (χ2n) is 5.18. The largest absolute Gasteiger partial charge is 0.477 e. The molecule has 0 atom stereocenters. The van der Waals surface area contributed by atoms with Crippen molar-refractivity contribution in [2.75, 3.05) is 13.2 Å². The van der Waals surface area contributed by atoms with Gasteiger partial charge in [-0.15, -0.1) is 22.7 Å². The molecule has 0 unspecified atom stereocenters. The highest BCUT2D eigenvalue weighted by Crippen LogP contribution is 2.41. The van der Waals surface area contributed by atoms with Gasteiger partial charge in [0.15, 0.2) is 8.68 Å². The number of hydrogen-bond donors (Lipinski definition) is 0. The van der Waals surface area contributed by atoms with Gasteiger partial charge in [-0.05, 0) is 34.4 Å². The Kier molecular flexibility index (Phi) is 9.94. The fourth-order valence-corrected chi connectivity index (χ4v) is 5.73. The van der Waals surface area contributed by atoms with E-state index in [0.717, 1.165) is 46.5 Å². The van der Waals surface area contributed by atoms with E-state index < -0.39 is 0 Å². The minimum atomic E-state index is 0.735. The van der Waals surface area contributed by atoms with Crippen LogP contribution in [0.3, 0.4) is 0 Å². The fraction of sp³-hybridized carbons (Fsp3) is 0.625. The first-order chi connectivity index (χ1) is 11.8. The van der Waals surface area contributed by atoms with Crippen molar-refractivity contribution in [2.24, 2.45) is 0 Å². The van der Waals surface area contributed by atoms with E-state index in [1.807, 2.05) is 10.8 Å². The van der Waals surface area contributed by atoms with Crippen LogP contribution in [0.25, 0.3) is 0 Å². The summed E-state index contributed by atoms with van der Waals surface area (Å²) in [6.45, 7) is 5.88. The maximum Gasteiger partial charge on any atom is 0.225 e. The lowest BCUT2D eigenvalue weighted by Crippen LogP contribution is -1.96. The van der Waals surface area contributed by atoms with Crippen LogP contribution in [0.5, 0.6) is 11.8 Å². The molecule has 2 rings (SSSR count). The molecule has 2 aromatic rings. The number of unbranched alkanes of at least 4 members (excludes halogenated alkanes) is 4. The smallest absolute Gasteiger partial charge is 0.225 e. The minimum absolute atomic E-state index is 0.735. The Morgan fingerprint density at radius 1 is 0.792 bits per heavy atom. The maximum absolute atomic E-state index is 5.65. The van der Waals surface area contributed by atoms with Crippen molar-refractivity contribution in [3.05, 3.63) is 10.8 Å². The van der Waals surface area contributed by atoms with E-state index in [1.165, 1.54) is 25.7 Å². The van der Waals surface area contributed by atoms with Gasteiger partial charge in [0.2, 0.25) is 11.8 Å². The van der Waals surface area contributed by atoms with Crippen molar-refractivity contribution in [3.8, 4) is 11.8 Å². The third-order valence-electron chi connectivity index (χ3n) is 3.10. The molecule has 8 heteroatoms. The molecule has 0 saturated carbocycles. The van der Waals surface area contributed by atoms with Gasteiger partial charge in [0.25, 0.3) is 0 Å². The van der Waals surface area contributed by atoms with Crippen LogP contribution < -0.4 is 9.47 Å². The lowest BCUT2D eigenvalue weighted by molar-refractivity contribution is 0.295. The van der Waals surface area contributed by atoms with Crippen LogP contribution >= 0.6 is 44.3 Å². The molecule has 0 N–H and O–H groups in total. The topological polar surface area (TPSA) is 44.2 Å². The van der Waals surface area contributed by atoms with Gasteiger partial charge in [-0.1, -0.05) is 39.5 Å². The number of thiazole rings is 2. The Labute approximate surface area is 160 Å². The number of rotatable bonds is 13. The molecule has 0 bridgehead atoms. The summed E-state index contributed by atoms with van der Waals surface area (Å²) in [6.07, 6.45) is 6.99. The van der Waals surface area contributed by atoms with E-state index in [-0.39, 0.29) is 0 Å². The summed E-state index contributed by atoms with van der Waals surface area (Å²) in [7, 11) is 3.24. The first-order valence-corrected chi connectivity index (χ1v) is 12.2. The predicted molar refractivity (Wildman–Crippen MR) is 106 cm³/mol. The Balaban J connectivity index is 1.68. The molecule has 2 heterocycles. The monoisotopic (exact) mass is 404 g/mol. The van der Waals surface area contributed by atoms with Crippen molar-refractivity contribution in [2.45, 2.75) is 61.1 Å². The average molecular weight is 405 g/mol. The predicted octanol–water partition coefficient (Wildman–Crippen LogP) is 6.54. The summed E-state index contributed by atoms with van der Waals surface area (Å²) >= 11 is 3.22. The summed E-state index contributed by atoms with van der Waals surface area (Å²) in [6, 6.07) is 0. The normalized spacial score (nSPS) is 10.9. The van der Waals surface area contributed by atoms with E-state index in [2.05, 4.69) is 23.8 Å². The van der Waals surface area contributed by atoms with E-state index in [1.54, 1.807) is 44.3 Å². The van der Waals surface area contributed by atoms with Crippen LogP contribution in [0.15, 0.2) is 19.4 Å². The molecule has 24 heavy (non-hydrogen) atoms. The van der Waals surface area contributed by atoms with E-state index in [9.17, 15) is 0 Å². The molecule has 0 spiro atoms. The van der Waals surface area contributed by atoms with Crippen molar-refractivity contribution in [1.29, 1.82) is 0 Å². The fourth-order valence-electron chi connectivity index (χ4n) is 1.83. The quantitative estimate of drug-likeness (QED) is 0.279. The van der Waals surface area contributed by atoms with E-state index >= 15 is 0 Å². The SMILES string of the molecule is CCCCCOc1csc(SSc2nc(OCCCCC)cs2)n1. The first kappa shape index (κ1) is 19.9. The van der Waals surface area contributed by atoms with E-state index in [4.69, 9.17) is 9.47 Å². The lowest BCUT2D eigenvalue weighted by Gasteiger charge is -2.00. The van der Waals surface area contributed by atoms with Gasteiger partial charge in [0.1, 0.15) is 0 Å². The summed E-state index contributed by atoms with van der Waals surface area (Å²) < 4.78 is 13.3. The highest BCUT2D eigenvalue weighted by atomic mass is 33.1. The molecule has 0 fully saturated rings. The second-order valence-corrected chi connectivity index (χ2v) is 9.52. The molecule has 0 radical (unpaired) electrons. The average Bonchev–Trinajstić information content (AvgIpc) is 3.23. The molecule has 134 valence electrons. The molecule has 0 aliphatic rings. The molecule has 0 aromatic carbocycles. The van der Waals surface area contributed by atoms with Gasteiger partial charge >= 0.3 is 0 Å². The van der Waals surface area contributed by atoms with E-state index in [0.29, 0.717) is 0 Å². The highest BCUT2D eigenvalue weighted by molar-refractivity contribution is 8.77.